The molecular weight excluding hydrogens is 322 g/mol. The second-order valence-corrected chi connectivity index (χ2v) is 7.87. The highest BCUT2D eigenvalue weighted by molar-refractivity contribution is 5.83. The number of aromatic nitrogens is 3. The van der Waals surface area contributed by atoms with Crippen LogP contribution in [-0.2, 0) is 16.1 Å². The minimum absolute atomic E-state index is 0.0182. The highest BCUT2D eigenvalue weighted by atomic mass is 16.4. The third-order valence-corrected chi connectivity index (χ3v) is 6.13. The second kappa shape index (κ2) is 6.09. The van der Waals surface area contributed by atoms with E-state index in [-0.39, 0.29) is 17.7 Å². The number of hydrogen-bond acceptors (Lipinski definition) is 5. The Bertz CT molecular complexity index is 684. The number of aryl methyl sites for hydroxylation is 1. The molecule has 136 valence electrons. The molecule has 2 aliphatic heterocycles. The summed E-state index contributed by atoms with van der Waals surface area (Å²) in [5, 5.41) is 16.9. The number of rotatable bonds is 4. The predicted molar refractivity (Wildman–Crippen MR) is 88.5 cm³/mol. The van der Waals surface area contributed by atoms with Gasteiger partial charge in [0.05, 0.1) is 6.54 Å². The fourth-order valence-corrected chi connectivity index (χ4v) is 4.85. The molecule has 1 aliphatic carbocycles. The third-order valence-electron chi connectivity index (χ3n) is 6.13. The van der Waals surface area contributed by atoms with E-state index in [0.717, 1.165) is 31.5 Å². The third kappa shape index (κ3) is 2.82. The number of carboxylic acids is 1. The second-order valence-electron chi connectivity index (χ2n) is 7.87. The molecule has 1 amide bonds. The van der Waals surface area contributed by atoms with E-state index in [9.17, 15) is 14.7 Å². The molecular formula is C17H25N5O3. The molecule has 2 saturated heterocycles. The number of hydrogen-bond donors (Lipinski definition) is 2. The zero-order valence-electron chi connectivity index (χ0n) is 14.6. The van der Waals surface area contributed by atoms with Crippen LogP contribution in [0.5, 0.6) is 0 Å². The van der Waals surface area contributed by atoms with Crippen molar-refractivity contribution in [2.24, 2.45) is 17.3 Å². The van der Waals surface area contributed by atoms with Crippen LogP contribution in [0.3, 0.4) is 0 Å². The number of carbonyl (C=O) groups excluding carboxylic acids is 1. The molecule has 8 heteroatoms. The van der Waals surface area contributed by atoms with Gasteiger partial charge in [-0.2, -0.15) is 5.10 Å². The van der Waals surface area contributed by atoms with Crippen molar-refractivity contribution in [2.45, 2.75) is 39.2 Å². The highest BCUT2D eigenvalue weighted by Crippen LogP contribution is 2.44. The fourth-order valence-electron chi connectivity index (χ4n) is 4.85. The SMILES string of the molecule is Cc1nc(CN2C[C@H]3CN(C(=O)C4CCCC4)C[C@@]3(C(=O)O)C2)n[nH]1. The first kappa shape index (κ1) is 16.5. The molecule has 3 aliphatic rings. The molecule has 0 radical (unpaired) electrons. The molecule has 2 N–H and O–H groups in total. The standard InChI is InChI=1S/C17H25N5O3/c1-11-18-14(20-19-11)8-21-6-13-7-22(10-17(13,9-21)16(24)25)15(23)12-4-2-3-5-12/h12-13H,2-10H2,1H3,(H,24,25)(H,18,19,20)/t13-,17-/m0/s1. The Labute approximate surface area is 146 Å². The summed E-state index contributed by atoms with van der Waals surface area (Å²) >= 11 is 0. The summed E-state index contributed by atoms with van der Waals surface area (Å²) in [4.78, 5) is 33.1. The smallest absolute Gasteiger partial charge is 0.313 e. The van der Waals surface area contributed by atoms with Gasteiger partial charge < -0.3 is 10.0 Å². The number of aromatic amines is 1. The first-order valence-electron chi connectivity index (χ1n) is 9.10. The molecule has 0 unspecified atom stereocenters. The predicted octanol–water partition coefficient (Wildman–Crippen LogP) is 0.648. The van der Waals surface area contributed by atoms with Crippen LogP contribution in [-0.4, -0.2) is 68.1 Å². The van der Waals surface area contributed by atoms with Gasteiger partial charge in [0.1, 0.15) is 11.2 Å². The summed E-state index contributed by atoms with van der Waals surface area (Å²) in [5.74, 6) is 0.927. The number of amides is 1. The Morgan fingerprint density at radius 3 is 2.64 bits per heavy atom. The molecule has 1 saturated carbocycles. The van der Waals surface area contributed by atoms with E-state index in [1.54, 1.807) is 0 Å². The van der Waals surface area contributed by atoms with Gasteiger partial charge in [0.2, 0.25) is 5.91 Å². The number of fused-ring (bicyclic) bond motifs is 1. The average Bonchev–Trinajstić information content (AvgIpc) is 3.30. The van der Waals surface area contributed by atoms with Gasteiger partial charge in [0, 0.05) is 38.0 Å². The maximum atomic E-state index is 12.7. The van der Waals surface area contributed by atoms with Gasteiger partial charge in [0.15, 0.2) is 5.82 Å². The van der Waals surface area contributed by atoms with Gasteiger partial charge in [-0.25, -0.2) is 4.98 Å². The van der Waals surface area contributed by atoms with E-state index in [0.29, 0.717) is 38.5 Å². The molecule has 4 rings (SSSR count). The minimum Gasteiger partial charge on any atom is -0.481 e. The van der Waals surface area contributed by atoms with Crippen LogP contribution in [0.1, 0.15) is 37.3 Å². The van der Waals surface area contributed by atoms with Crippen molar-refractivity contribution in [1.29, 1.82) is 0 Å². The quantitative estimate of drug-likeness (QED) is 0.829. The zero-order chi connectivity index (χ0) is 17.6. The first-order valence-corrected chi connectivity index (χ1v) is 9.10. The summed E-state index contributed by atoms with van der Waals surface area (Å²) in [6.07, 6.45) is 4.13. The normalized spacial score (nSPS) is 30.1. The largest absolute Gasteiger partial charge is 0.481 e. The van der Waals surface area contributed by atoms with Crippen LogP contribution < -0.4 is 0 Å². The molecule has 1 aromatic rings. The zero-order valence-corrected chi connectivity index (χ0v) is 14.6. The van der Waals surface area contributed by atoms with E-state index in [2.05, 4.69) is 20.1 Å². The van der Waals surface area contributed by atoms with Crippen LogP contribution in [0, 0.1) is 24.2 Å². The van der Waals surface area contributed by atoms with Crippen molar-refractivity contribution in [2.75, 3.05) is 26.2 Å². The van der Waals surface area contributed by atoms with Crippen LogP contribution in [0.25, 0.3) is 0 Å². The molecule has 0 bridgehead atoms. The molecule has 1 aromatic heterocycles. The van der Waals surface area contributed by atoms with E-state index >= 15 is 0 Å². The van der Waals surface area contributed by atoms with Gasteiger partial charge >= 0.3 is 5.97 Å². The first-order chi connectivity index (χ1) is 12.0. The van der Waals surface area contributed by atoms with Gasteiger partial charge in [0.25, 0.3) is 0 Å². The Morgan fingerprint density at radius 1 is 1.28 bits per heavy atom. The number of H-pyrrole nitrogens is 1. The lowest BCUT2D eigenvalue weighted by Crippen LogP contribution is -2.43. The topological polar surface area (TPSA) is 102 Å². The van der Waals surface area contributed by atoms with Crippen molar-refractivity contribution < 1.29 is 14.7 Å². The van der Waals surface area contributed by atoms with Crippen LogP contribution in [0.2, 0.25) is 0 Å². The monoisotopic (exact) mass is 347 g/mol. The van der Waals surface area contributed by atoms with Crippen molar-refractivity contribution in [3.63, 3.8) is 0 Å². The number of likely N-dealkylation sites (tertiary alicyclic amines) is 2. The molecule has 2 atom stereocenters. The number of carboxylic acid groups (broad SMARTS) is 1. The van der Waals surface area contributed by atoms with Crippen molar-refractivity contribution in [3.8, 4) is 0 Å². The lowest BCUT2D eigenvalue weighted by molar-refractivity contribution is -0.149. The van der Waals surface area contributed by atoms with Crippen molar-refractivity contribution >= 4 is 11.9 Å². The Morgan fingerprint density at radius 2 is 2.04 bits per heavy atom. The van der Waals surface area contributed by atoms with E-state index < -0.39 is 11.4 Å². The summed E-state index contributed by atoms with van der Waals surface area (Å²) in [6, 6.07) is 0. The maximum Gasteiger partial charge on any atom is 0.313 e. The maximum absolute atomic E-state index is 12.7. The van der Waals surface area contributed by atoms with Gasteiger partial charge in [-0.05, 0) is 19.8 Å². The summed E-state index contributed by atoms with van der Waals surface area (Å²) in [6.45, 7) is 4.42. The Balaban J connectivity index is 1.46. The van der Waals surface area contributed by atoms with E-state index in [4.69, 9.17) is 0 Å². The minimum atomic E-state index is -0.848. The number of aliphatic carboxylic acids is 1. The van der Waals surface area contributed by atoms with Crippen molar-refractivity contribution in [3.05, 3.63) is 11.6 Å². The number of nitrogens with one attached hydrogen (secondary N) is 1. The fraction of sp³-hybridized carbons (Fsp3) is 0.765. The Kier molecular flexibility index (Phi) is 4.02. The molecule has 0 spiro atoms. The molecule has 0 aromatic carbocycles. The number of carbonyl (C=O) groups is 2. The van der Waals surface area contributed by atoms with Crippen LogP contribution in [0.15, 0.2) is 0 Å². The summed E-state index contributed by atoms with van der Waals surface area (Å²) < 4.78 is 0. The molecule has 25 heavy (non-hydrogen) atoms. The van der Waals surface area contributed by atoms with Crippen LogP contribution in [0.4, 0.5) is 0 Å². The van der Waals surface area contributed by atoms with Crippen molar-refractivity contribution in [1.82, 2.24) is 25.0 Å². The van der Waals surface area contributed by atoms with Crippen LogP contribution >= 0.6 is 0 Å². The van der Waals surface area contributed by atoms with Gasteiger partial charge in [-0.15, -0.1) is 0 Å². The molecule has 8 nitrogen and oxygen atoms in total. The molecule has 3 fully saturated rings. The lowest BCUT2D eigenvalue weighted by atomic mass is 9.81. The summed E-state index contributed by atoms with van der Waals surface area (Å²) in [7, 11) is 0. The van der Waals surface area contributed by atoms with Gasteiger partial charge in [-0.1, -0.05) is 12.8 Å². The number of nitrogens with zero attached hydrogens (tertiary/aromatic N) is 4. The highest BCUT2D eigenvalue weighted by Gasteiger charge is 2.58. The summed E-state index contributed by atoms with van der Waals surface area (Å²) in [5.41, 5.74) is -0.848. The van der Waals surface area contributed by atoms with E-state index in [1.807, 2.05) is 11.8 Å². The van der Waals surface area contributed by atoms with Gasteiger partial charge in [-0.3, -0.25) is 19.6 Å². The average molecular weight is 347 g/mol. The Hall–Kier alpha value is -1.96. The molecule has 3 heterocycles. The lowest BCUT2D eigenvalue weighted by Gasteiger charge is -2.26. The van der Waals surface area contributed by atoms with E-state index in [1.165, 1.54) is 0 Å².